The van der Waals surface area contributed by atoms with Crippen LogP contribution in [0.15, 0.2) is 42.6 Å². The van der Waals surface area contributed by atoms with Crippen LogP contribution in [0, 0.1) is 5.82 Å². The number of pyridine rings is 1. The Morgan fingerprint density at radius 1 is 1.19 bits per heavy atom. The molecule has 5 nitrogen and oxygen atoms in total. The molecular formula is C19H22ClFN4O. The highest BCUT2D eigenvalue weighted by Gasteiger charge is 2.18. The molecule has 1 saturated heterocycles. The summed E-state index contributed by atoms with van der Waals surface area (Å²) in [6, 6.07) is 10.5. The zero-order chi connectivity index (χ0) is 18.5. The maximum absolute atomic E-state index is 13.1. The topological polar surface area (TPSA) is 48.5 Å². The fourth-order valence-corrected chi connectivity index (χ4v) is 3.00. The fraction of sp³-hybridized carbons (Fsp3) is 0.368. The largest absolute Gasteiger partial charge is 0.368 e. The van der Waals surface area contributed by atoms with Gasteiger partial charge in [-0.2, -0.15) is 0 Å². The summed E-state index contributed by atoms with van der Waals surface area (Å²) in [5.41, 5.74) is 2.02. The predicted octanol–water partition coefficient (Wildman–Crippen LogP) is 2.79. The molecule has 0 aliphatic carbocycles. The number of aromatic nitrogens is 1. The molecule has 0 spiro atoms. The molecule has 1 aliphatic heterocycles. The lowest BCUT2D eigenvalue weighted by atomic mass is 10.2. The minimum atomic E-state index is -0.546. The van der Waals surface area contributed by atoms with Crippen molar-refractivity contribution in [1.29, 1.82) is 0 Å². The van der Waals surface area contributed by atoms with Gasteiger partial charge in [0.05, 0.1) is 0 Å². The number of piperazine rings is 1. The van der Waals surface area contributed by atoms with E-state index in [1.807, 2.05) is 24.3 Å². The first-order chi connectivity index (χ1) is 12.5. The lowest BCUT2D eigenvalue weighted by Crippen LogP contribution is -2.46. The van der Waals surface area contributed by atoms with E-state index in [1.54, 1.807) is 13.1 Å². The fourth-order valence-electron chi connectivity index (χ4n) is 2.92. The first kappa shape index (κ1) is 18.5. The van der Waals surface area contributed by atoms with Crippen LogP contribution >= 0.6 is 11.6 Å². The molecule has 0 radical (unpaired) electrons. The molecule has 2 aromatic rings. The molecule has 26 heavy (non-hydrogen) atoms. The van der Waals surface area contributed by atoms with Crippen molar-refractivity contribution in [2.75, 3.05) is 36.0 Å². The molecule has 1 aromatic heterocycles. The van der Waals surface area contributed by atoms with Crippen molar-refractivity contribution in [3.63, 3.8) is 0 Å². The van der Waals surface area contributed by atoms with E-state index < -0.39 is 5.38 Å². The van der Waals surface area contributed by atoms with Crippen molar-refractivity contribution in [1.82, 2.24) is 10.3 Å². The lowest BCUT2D eigenvalue weighted by Gasteiger charge is -2.36. The van der Waals surface area contributed by atoms with E-state index in [0.29, 0.717) is 6.54 Å². The summed E-state index contributed by atoms with van der Waals surface area (Å²) in [5.74, 6) is 0.497. The van der Waals surface area contributed by atoms with E-state index >= 15 is 0 Å². The van der Waals surface area contributed by atoms with Gasteiger partial charge in [-0.1, -0.05) is 0 Å². The Hall–Kier alpha value is -2.34. The van der Waals surface area contributed by atoms with Crippen LogP contribution in [0.25, 0.3) is 0 Å². The minimum Gasteiger partial charge on any atom is -0.368 e. The highest BCUT2D eigenvalue weighted by molar-refractivity contribution is 6.30. The number of benzene rings is 1. The summed E-state index contributed by atoms with van der Waals surface area (Å²) in [6.07, 6.45) is 1.76. The zero-order valence-corrected chi connectivity index (χ0v) is 15.4. The van der Waals surface area contributed by atoms with E-state index in [-0.39, 0.29) is 11.7 Å². The normalized spacial score (nSPS) is 15.7. The summed E-state index contributed by atoms with van der Waals surface area (Å²) >= 11 is 5.76. The van der Waals surface area contributed by atoms with Gasteiger partial charge in [-0.25, -0.2) is 9.37 Å². The molecule has 1 aromatic carbocycles. The molecule has 1 fully saturated rings. The van der Waals surface area contributed by atoms with E-state index in [1.165, 1.54) is 12.1 Å². The van der Waals surface area contributed by atoms with Crippen molar-refractivity contribution < 1.29 is 9.18 Å². The maximum atomic E-state index is 13.1. The van der Waals surface area contributed by atoms with Gasteiger partial charge in [0.25, 0.3) is 0 Å². The molecule has 1 aliphatic rings. The summed E-state index contributed by atoms with van der Waals surface area (Å²) in [7, 11) is 0. The van der Waals surface area contributed by atoms with Crippen molar-refractivity contribution in [3.8, 4) is 0 Å². The summed E-state index contributed by atoms with van der Waals surface area (Å²) < 4.78 is 13.1. The standard InChI is InChI=1S/C19H22ClFN4O/c1-14(20)19(26)23-13-15-6-7-22-18(12-15)25-10-8-24(9-11-25)17-4-2-16(21)3-5-17/h2-7,12,14H,8-11,13H2,1H3,(H,23,26). The Bertz CT molecular complexity index is 745. The third-order valence-corrected chi connectivity index (χ3v) is 4.63. The van der Waals surface area contributed by atoms with Crippen LogP contribution in [-0.2, 0) is 11.3 Å². The van der Waals surface area contributed by atoms with E-state index in [4.69, 9.17) is 11.6 Å². The molecule has 0 bridgehead atoms. The summed E-state index contributed by atoms with van der Waals surface area (Å²) in [5, 5.41) is 2.26. The van der Waals surface area contributed by atoms with E-state index in [2.05, 4.69) is 20.1 Å². The van der Waals surface area contributed by atoms with Crippen LogP contribution in [0.5, 0.6) is 0 Å². The number of amides is 1. The SMILES string of the molecule is CC(Cl)C(=O)NCc1ccnc(N2CCN(c3ccc(F)cc3)CC2)c1. The molecule has 1 amide bonds. The average molecular weight is 377 g/mol. The van der Waals surface area contributed by atoms with Gasteiger partial charge >= 0.3 is 0 Å². The Balaban J connectivity index is 1.58. The van der Waals surface area contributed by atoms with E-state index in [9.17, 15) is 9.18 Å². The average Bonchev–Trinajstić information content (AvgIpc) is 2.67. The number of carbonyl (C=O) groups excluding carboxylic acids is 1. The van der Waals surface area contributed by atoms with Crippen LogP contribution in [0.1, 0.15) is 12.5 Å². The molecule has 0 saturated carbocycles. The van der Waals surface area contributed by atoms with Gasteiger partial charge < -0.3 is 15.1 Å². The van der Waals surface area contributed by atoms with Crippen LogP contribution in [-0.4, -0.2) is 42.4 Å². The van der Waals surface area contributed by atoms with Crippen LogP contribution < -0.4 is 15.1 Å². The van der Waals surface area contributed by atoms with Gasteiger partial charge in [0.1, 0.15) is 17.0 Å². The number of rotatable bonds is 5. The first-order valence-corrected chi connectivity index (χ1v) is 9.09. The maximum Gasteiger partial charge on any atom is 0.238 e. The van der Waals surface area contributed by atoms with Gasteiger partial charge in [0.2, 0.25) is 5.91 Å². The Labute approximate surface area is 157 Å². The molecule has 2 heterocycles. The molecule has 7 heteroatoms. The van der Waals surface area contributed by atoms with Crippen LogP contribution in [0.2, 0.25) is 0 Å². The zero-order valence-electron chi connectivity index (χ0n) is 14.7. The molecule has 1 N–H and O–H groups in total. The minimum absolute atomic E-state index is 0.182. The lowest BCUT2D eigenvalue weighted by molar-refractivity contribution is -0.120. The van der Waals surface area contributed by atoms with Gasteiger partial charge in [0, 0.05) is 44.6 Å². The smallest absolute Gasteiger partial charge is 0.238 e. The second-order valence-corrected chi connectivity index (χ2v) is 6.96. The van der Waals surface area contributed by atoms with Crippen LogP contribution in [0.4, 0.5) is 15.9 Å². The number of anilines is 2. The van der Waals surface area contributed by atoms with Crippen molar-refractivity contribution >= 4 is 29.0 Å². The number of carbonyl (C=O) groups is 1. The summed E-state index contributed by atoms with van der Waals surface area (Å²) in [4.78, 5) is 20.5. The molecule has 1 unspecified atom stereocenters. The van der Waals surface area contributed by atoms with Gasteiger partial charge in [-0.05, 0) is 48.9 Å². The second-order valence-electron chi connectivity index (χ2n) is 6.31. The van der Waals surface area contributed by atoms with E-state index in [0.717, 1.165) is 43.2 Å². The number of alkyl halides is 1. The number of hydrogen-bond acceptors (Lipinski definition) is 4. The highest BCUT2D eigenvalue weighted by atomic mass is 35.5. The molecule has 3 rings (SSSR count). The third kappa shape index (κ3) is 4.64. The number of halogens is 2. The van der Waals surface area contributed by atoms with Gasteiger partial charge in [-0.15, -0.1) is 11.6 Å². The number of nitrogens with one attached hydrogen (secondary N) is 1. The monoisotopic (exact) mass is 376 g/mol. The molecule has 1 atom stereocenters. The highest BCUT2D eigenvalue weighted by Crippen LogP contribution is 2.20. The molecule has 138 valence electrons. The number of nitrogens with zero attached hydrogens (tertiary/aromatic N) is 3. The second kappa shape index (κ2) is 8.36. The third-order valence-electron chi connectivity index (χ3n) is 4.43. The van der Waals surface area contributed by atoms with Gasteiger partial charge in [0.15, 0.2) is 0 Å². The van der Waals surface area contributed by atoms with Gasteiger partial charge in [-0.3, -0.25) is 4.79 Å². The van der Waals surface area contributed by atoms with Crippen molar-refractivity contribution in [2.45, 2.75) is 18.8 Å². The first-order valence-electron chi connectivity index (χ1n) is 8.65. The van der Waals surface area contributed by atoms with Crippen molar-refractivity contribution in [2.24, 2.45) is 0 Å². The van der Waals surface area contributed by atoms with Crippen LogP contribution in [0.3, 0.4) is 0 Å². The Morgan fingerprint density at radius 3 is 2.50 bits per heavy atom. The van der Waals surface area contributed by atoms with Crippen molar-refractivity contribution in [3.05, 3.63) is 54.0 Å². The molecular weight excluding hydrogens is 355 g/mol. The summed E-state index contributed by atoms with van der Waals surface area (Å²) in [6.45, 7) is 5.43. The Kier molecular flexibility index (Phi) is 5.93. The predicted molar refractivity (Wildman–Crippen MR) is 102 cm³/mol. The quantitative estimate of drug-likeness (QED) is 0.815. The number of hydrogen-bond donors (Lipinski definition) is 1. The Morgan fingerprint density at radius 2 is 1.85 bits per heavy atom.